The van der Waals surface area contributed by atoms with E-state index in [4.69, 9.17) is 15.0 Å². The molecule has 11 aromatic rings. The van der Waals surface area contributed by atoms with Crippen molar-refractivity contribution in [3.63, 3.8) is 0 Å². The van der Waals surface area contributed by atoms with Crippen LogP contribution in [0.2, 0.25) is 0 Å². The van der Waals surface area contributed by atoms with Crippen LogP contribution in [0, 0.1) is 0 Å². The molecule has 11 rings (SSSR count). The third-order valence-electron chi connectivity index (χ3n) is 9.87. The zero-order valence-electron chi connectivity index (χ0n) is 27.1. The standard InChI is InChI=1S/C45H26N4S2/c1-3-13-27(14-4-1)43-46-44(34-20-12-24-38-39(34)33-18-8-10-23-37(33)50-38)48-45(47-43)35-21-11-19-31-32-26-25-30-29-17-7-9-22-36(29)49(28-15-5-2-6-16-28)40(30)42(32)51-41(31)35/h1-26H. The van der Waals surface area contributed by atoms with Gasteiger partial charge in [0.1, 0.15) is 0 Å². The highest BCUT2D eigenvalue weighted by Crippen LogP contribution is 2.46. The minimum atomic E-state index is 0.664. The van der Waals surface area contributed by atoms with Gasteiger partial charge in [0.2, 0.25) is 0 Å². The molecule has 0 bridgehead atoms. The maximum atomic E-state index is 5.30. The number of hydrogen-bond donors (Lipinski definition) is 0. The van der Waals surface area contributed by atoms with Gasteiger partial charge in [0.25, 0.3) is 0 Å². The van der Waals surface area contributed by atoms with Crippen LogP contribution in [-0.2, 0) is 0 Å². The molecule has 7 aromatic carbocycles. The summed E-state index contributed by atoms with van der Waals surface area (Å²) in [6, 6.07) is 55.8. The van der Waals surface area contributed by atoms with Gasteiger partial charge in [-0.2, -0.15) is 0 Å². The highest BCUT2D eigenvalue weighted by Gasteiger charge is 2.21. The van der Waals surface area contributed by atoms with Crippen molar-refractivity contribution in [2.24, 2.45) is 0 Å². The normalized spacial score (nSPS) is 11.9. The third kappa shape index (κ3) is 4.34. The van der Waals surface area contributed by atoms with Crippen LogP contribution in [0.1, 0.15) is 0 Å². The molecule has 0 amide bonds. The lowest BCUT2D eigenvalue weighted by Crippen LogP contribution is -2.00. The Balaban J connectivity index is 1.21. The predicted octanol–water partition coefficient (Wildman–Crippen LogP) is 12.7. The Labute approximate surface area is 300 Å². The maximum absolute atomic E-state index is 5.30. The molecule has 0 aliphatic heterocycles. The fraction of sp³-hybridized carbons (Fsp3) is 0. The smallest absolute Gasteiger partial charge is 0.165 e. The van der Waals surface area contributed by atoms with Crippen molar-refractivity contribution in [3.05, 3.63) is 158 Å². The molecule has 0 radical (unpaired) electrons. The molecule has 4 heterocycles. The van der Waals surface area contributed by atoms with Crippen LogP contribution in [0.4, 0.5) is 0 Å². The molecule has 51 heavy (non-hydrogen) atoms. The van der Waals surface area contributed by atoms with Crippen molar-refractivity contribution in [2.75, 3.05) is 0 Å². The molecule has 4 aromatic heterocycles. The maximum Gasteiger partial charge on any atom is 0.165 e. The summed E-state index contributed by atoms with van der Waals surface area (Å²) < 4.78 is 7.32. The van der Waals surface area contributed by atoms with E-state index in [1.165, 1.54) is 62.2 Å². The third-order valence-corrected chi connectivity index (χ3v) is 12.3. The first-order chi connectivity index (χ1) is 25.3. The topological polar surface area (TPSA) is 43.6 Å². The van der Waals surface area contributed by atoms with Crippen molar-refractivity contribution < 1.29 is 0 Å². The van der Waals surface area contributed by atoms with E-state index in [9.17, 15) is 0 Å². The molecule has 0 fully saturated rings. The van der Waals surface area contributed by atoms with E-state index < -0.39 is 0 Å². The molecule has 0 saturated heterocycles. The second kappa shape index (κ2) is 11.2. The van der Waals surface area contributed by atoms with Gasteiger partial charge < -0.3 is 4.57 Å². The summed E-state index contributed by atoms with van der Waals surface area (Å²) >= 11 is 3.63. The van der Waals surface area contributed by atoms with E-state index >= 15 is 0 Å². The largest absolute Gasteiger partial charge is 0.308 e. The van der Waals surface area contributed by atoms with Gasteiger partial charge in [-0.15, -0.1) is 22.7 Å². The van der Waals surface area contributed by atoms with Crippen LogP contribution in [0.3, 0.4) is 0 Å². The number of thiophene rings is 2. The minimum Gasteiger partial charge on any atom is -0.308 e. The van der Waals surface area contributed by atoms with Crippen LogP contribution < -0.4 is 0 Å². The number of aromatic nitrogens is 4. The number of benzene rings is 7. The summed E-state index contributed by atoms with van der Waals surface area (Å²) in [5, 5.41) is 7.34. The van der Waals surface area contributed by atoms with Gasteiger partial charge in [-0.3, -0.25) is 0 Å². The van der Waals surface area contributed by atoms with Crippen molar-refractivity contribution in [1.29, 1.82) is 0 Å². The van der Waals surface area contributed by atoms with Crippen molar-refractivity contribution in [1.82, 2.24) is 19.5 Å². The molecule has 0 aliphatic rings. The second-order valence-corrected chi connectivity index (χ2v) is 14.9. The fourth-order valence-corrected chi connectivity index (χ4v) is 10.1. The Morgan fingerprint density at radius 1 is 0.392 bits per heavy atom. The van der Waals surface area contributed by atoms with Gasteiger partial charge in [0.15, 0.2) is 17.5 Å². The Hall–Kier alpha value is -6.21. The van der Waals surface area contributed by atoms with E-state index in [0.717, 1.165) is 22.4 Å². The van der Waals surface area contributed by atoms with Gasteiger partial charge in [0.05, 0.1) is 15.7 Å². The Kier molecular flexibility index (Phi) is 6.26. The quantitative estimate of drug-likeness (QED) is 0.185. The highest BCUT2D eigenvalue weighted by atomic mass is 32.1. The molecule has 4 nitrogen and oxygen atoms in total. The van der Waals surface area contributed by atoms with Crippen LogP contribution in [0.15, 0.2) is 158 Å². The molecule has 0 atom stereocenters. The SMILES string of the molecule is c1ccc(-c2nc(-c3cccc4c3sc3c4ccc4c5ccccc5n(-c5ccccc5)c43)nc(-c3cccc4sc5ccccc5c34)n2)cc1. The molecule has 0 unspecified atom stereocenters. The predicted molar refractivity (Wildman–Crippen MR) is 216 cm³/mol. The zero-order chi connectivity index (χ0) is 33.5. The molecule has 6 heteroatoms. The molecule has 0 aliphatic carbocycles. The lowest BCUT2D eigenvalue weighted by molar-refractivity contribution is 1.08. The number of para-hydroxylation sites is 2. The van der Waals surface area contributed by atoms with E-state index in [0.29, 0.717) is 17.5 Å². The van der Waals surface area contributed by atoms with Crippen LogP contribution in [0.25, 0.3) is 102 Å². The lowest BCUT2D eigenvalue weighted by Gasteiger charge is -2.10. The fourth-order valence-electron chi connectivity index (χ4n) is 7.62. The van der Waals surface area contributed by atoms with Gasteiger partial charge in [-0.05, 0) is 36.4 Å². The first kappa shape index (κ1) is 28.6. The number of nitrogens with zero attached hydrogens (tertiary/aromatic N) is 4. The molecular weight excluding hydrogens is 661 g/mol. The van der Waals surface area contributed by atoms with Crippen molar-refractivity contribution >= 4 is 84.8 Å². The van der Waals surface area contributed by atoms with E-state index in [1.807, 2.05) is 29.5 Å². The summed E-state index contributed by atoms with van der Waals surface area (Å²) in [6.45, 7) is 0. The van der Waals surface area contributed by atoms with E-state index in [-0.39, 0.29) is 0 Å². The summed E-state index contributed by atoms with van der Waals surface area (Å²) in [7, 11) is 0. The Bertz CT molecular complexity index is 3140. The summed E-state index contributed by atoms with van der Waals surface area (Å²) in [5.74, 6) is 2.02. The first-order valence-electron chi connectivity index (χ1n) is 17.0. The molecular formula is C45H26N4S2. The van der Waals surface area contributed by atoms with Crippen molar-refractivity contribution in [2.45, 2.75) is 0 Å². The zero-order valence-corrected chi connectivity index (χ0v) is 28.7. The number of hydrogen-bond acceptors (Lipinski definition) is 5. The highest BCUT2D eigenvalue weighted by molar-refractivity contribution is 7.27. The van der Waals surface area contributed by atoms with Gasteiger partial charge in [-0.25, -0.2) is 15.0 Å². The minimum absolute atomic E-state index is 0.664. The second-order valence-electron chi connectivity index (χ2n) is 12.8. The van der Waals surface area contributed by atoms with Gasteiger partial charge in [-0.1, -0.05) is 121 Å². The average Bonchev–Trinajstić information content (AvgIpc) is 3.88. The monoisotopic (exact) mass is 686 g/mol. The van der Waals surface area contributed by atoms with E-state index in [1.54, 1.807) is 11.3 Å². The van der Waals surface area contributed by atoms with Crippen molar-refractivity contribution in [3.8, 4) is 39.9 Å². The van der Waals surface area contributed by atoms with Crippen LogP contribution in [0.5, 0.6) is 0 Å². The molecule has 0 spiro atoms. The van der Waals surface area contributed by atoms with Crippen LogP contribution >= 0.6 is 22.7 Å². The summed E-state index contributed by atoms with van der Waals surface area (Å²) in [4.78, 5) is 15.6. The summed E-state index contributed by atoms with van der Waals surface area (Å²) in [6.07, 6.45) is 0. The molecule has 238 valence electrons. The average molecular weight is 687 g/mol. The van der Waals surface area contributed by atoms with Gasteiger partial charge >= 0.3 is 0 Å². The Morgan fingerprint density at radius 3 is 1.86 bits per heavy atom. The van der Waals surface area contributed by atoms with Gasteiger partial charge in [0, 0.05) is 68.8 Å². The Morgan fingerprint density at radius 2 is 1.00 bits per heavy atom. The first-order valence-corrected chi connectivity index (χ1v) is 18.6. The molecule has 0 saturated carbocycles. The van der Waals surface area contributed by atoms with Crippen LogP contribution in [-0.4, -0.2) is 19.5 Å². The number of fused-ring (bicyclic) bond motifs is 10. The molecule has 0 N–H and O–H groups in total. The lowest BCUT2D eigenvalue weighted by atomic mass is 10.0. The summed E-state index contributed by atoms with van der Waals surface area (Å²) in [5.41, 5.74) is 6.56. The number of rotatable bonds is 4. The van der Waals surface area contributed by atoms with E-state index in [2.05, 4.69) is 144 Å².